The molecule has 2 unspecified atom stereocenters. The number of amides is 2. The summed E-state index contributed by atoms with van der Waals surface area (Å²) < 4.78 is 13.7. The number of halogens is 1. The van der Waals surface area contributed by atoms with Crippen molar-refractivity contribution in [2.75, 3.05) is 0 Å². The first-order chi connectivity index (χ1) is 9.02. The number of carbonyl (C=O) groups excluding carboxylic acids is 2. The Kier molecular flexibility index (Phi) is 3.98. The minimum atomic E-state index is -0.286. The lowest BCUT2D eigenvalue weighted by Gasteiger charge is -2.30. The minimum absolute atomic E-state index is 0.212. The summed E-state index contributed by atoms with van der Waals surface area (Å²) in [4.78, 5) is 23.4. The standard InChI is InChI=1S/C15H18FNO2/c1-3-4-11-12(8-14(18)17-15(11)19)10-6-5-9(2)13(16)7-10/h5-7,11-12H,3-4,8H2,1-2H3,(H,17,18,19). The largest absolute Gasteiger partial charge is 0.296 e. The Bertz CT molecular complexity index is 513. The Labute approximate surface area is 112 Å². The van der Waals surface area contributed by atoms with Crippen molar-refractivity contribution in [3.63, 3.8) is 0 Å². The fourth-order valence-electron chi connectivity index (χ4n) is 2.64. The highest BCUT2D eigenvalue weighted by Crippen LogP contribution is 2.34. The van der Waals surface area contributed by atoms with E-state index in [0.29, 0.717) is 12.0 Å². The van der Waals surface area contributed by atoms with Gasteiger partial charge in [-0.3, -0.25) is 14.9 Å². The molecule has 102 valence electrons. The van der Waals surface area contributed by atoms with Gasteiger partial charge in [0.2, 0.25) is 11.8 Å². The lowest BCUT2D eigenvalue weighted by Crippen LogP contribution is -2.44. The van der Waals surface area contributed by atoms with Crippen molar-refractivity contribution in [1.82, 2.24) is 5.32 Å². The van der Waals surface area contributed by atoms with E-state index in [1.165, 1.54) is 6.07 Å². The molecule has 1 saturated heterocycles. The van der Waals surface area contributed by atoms with E-state index in [4.69, 9.17) is 0 Å². The monoisotopic (exact) mass is 263 g/mol. The van der Waals surface area contributed by atoms with Crippen LogP contribution >= 0.6 is 0 Å². The third kappa shape index (κ3) is 2.83. The van der Waals surface area contributed by atoms with Crippen molar-refractivity contribution in [3.8, 4) is 0 Å². The molecule has 0 spiro atoms. The molecule has 1 N–H and O–H groups in total. The van der Waals surface area contributed by atoms with Gasteiger partial charge in [-0.15, -0.1) is 0 Å². The molecule has 4 heteroatoms. The van der Waals surface area contributed by atoms with Crippen LogP contribution in [-0.4, -0.2) is 11.8 Å². The van der Waals surface area contributed by atoms with Gasteiger partial charge in [0.25, 0.3) is 0 Å². The third-order valence-electron chi connectivity index (χ3n) is 3.71. The molecule has 1 heterocycles. The molecule has 2 rings (SSSR count). The van der Waals surface area contributed by atoms with E-state index in [9.17, 15) is 14.0 Å². The fourth-order valence-corrected chi connectivity index (χ4v) is 2.64. The maximum absolute atomic E-state index is 13.7. The number of benzene rings is 1. The lowest BCUT2D eigenvalue weighted by molar-refractivity contribution is -0.137. The molecule has 2 amide bonds. The number of piperidine rings is 1. The van der Waals surface area contributed by atoms with Crippen molar-refractivity contribution in [1.29, 1.82) is 0 Å². The molecule has 0 saturated carbocycles. The van der Waals surface area contributed by atoms with Crippen LogP contribution in [0.3, 0.4) is 0 Å². The molecule has 0 bridgehead atoms. The summed E-state index contributed by atoms with van der Waals surface area (Å²) in [5.41, 5.74) is 1.31. The molecule has 2 atom stereocenters. The molecular weight excluding hydrogens is 245 g/mol. The summed E-state index contributed by atoms with van der Waals surface area (Å²) in [6.07, 6.45) is 1.81. The smallest absolute Gasteiger partial charge is 0.230 e. The molecule has 3 nitrogen and oxygen atoms in total. The lowest BCUT2D eigenvalue weighted by atomic mass is 9.78. The first-order valence-electron chi connectivity index (χ1n) is 6.62. The average Bonchev–Trinajstić information content (AvgIpc) is 2.36. The first-order valence-corrected chi connectivity index (χ1v) is 6.62. The van der Waals surface area contributed by atoms with Crippen molar-refractivity contribution in [2.45, 2.75) is 39.0 Å². The Morgan fingerprint density at radius 1 is 1.37 bits per heavy atom. The Hall–Kier alpha value is -1.71. The molecule has 0 aliphatic carbocycles. The quantitative estimate of drug-likeness (QED) is 0.852. The van der Waals surface area contributed by atoms with Gasteiger partial charge in [0.1, 0.15) is 5.82 Å². The second kappa shape index (κ2) is 5.51. The number of rotatable bonds is 3. The van der Waals surface area contributed by atoms with Gasteiger partial charge in [0.15, 0.2) is 0 Å². The van der Waals surface area contributed by atoms with Gasteiger partial charge < -0.3 is 0 Å². The number of aryl methyl sites for hydroxylation is 1. The van der Waals surface area contributed by atoms with E-state index in [2.05, 4.69) is 5.32 Å². The van der Waals surface area contributed by atoms with E-state index >= 15 is 0 Å². The van der Waals surface area contributed by atoms with Crippen LogP contribution in [0, 0.1) is 18.7 Å². The maximum Gasteiger partial charge on any atom is 0.230 e. The molecule has 1 aliphatic rings. The number of imide groups is 1. The molecule has 19 heavy (non-hydrogen) atoms. The number of carbonyl (C=O) groups is 2. The van der Waals surface area contributed by atoms with Crippen LogP contribution in [0.4, 0.5) is 4.39 Å². The van der Waals surface area contributed by atoms with Crippen LogP contribution in [0.5, 0.6) is 0 Å². The summed E-state index contributed by atoms with van der Waals surface area (Å²) in [5.74, 6) is -1.25. The number of hydrogen-bond acceptors (Lipinski definition) is 2. The number of hydrogen-bond donors (Lipinski definition) is 1. The zero-order valence-corrected chi connectivity index (χ0v) is 11.2. The Morgan fingerprint density at radius 2 is 2.11 bits per heavy atom. The summed E-state index contributed by atoms with van der Waals surface area (Å²) in [5, 5.41) is 2.37. The van der Waals surface area contributed by atoms with Crippen LogP contribution in [0.2, 0.25) is 0 Å². The molecule has 0 aromatic heterocycles. The summed E-state index contributed by atoms with van der Waals surface area (Å²) in [7, 11) is 0. The fraction of sp³-hybridized carbons (Fsp3) is 0.467. The van der Waals surface area contributed by atoms with E-state index in [1.807, 2.05) is 13.0 Å². The molecule has 1 aromatic rings. The van der Waals surface area contributed by atoms with Gasteiger partial charge >= 0.3 is 0 Å². The van der Waals surface area contributed by atoms with E-state index < -0.39 is 0 Å². The highest BCUT2D eigenvalue weighted by molar-refractivity contribution is 5.99. The van der Waals surface area contributed by atoms with Gasteiger partial charge in [0, 0.05) is 18.3 Å². The van der Waals surface area contributed by atoms with Crippen LogP contribution in [0.15, 0.2) is 18.2 Å². The zero-order chi connectivity index (χ0) is 14.0. The molecule has 0 radical (unpaired) electrons. The minimum Gasteiger partial charge on any atom is -0.296 e. The zero-order valence-electron chi connectivity index (χ0n) is 11.2. The summed E-state index contributed by atoms with van der Waals surface area (Å²) in [6.45, 7) is 3.69. The maximum atomic E-state index is 13.7. The van der Waals surface area contributed by atoms with Gasteiger partial charge in [0.05, 0.1) is 0 Å². The summed E-state index contributed by atoms with van der Waals surface area (Å²) in [6, 6.07) is 4.97. The third-order valence-corrected chi connectivity index (χ3v) is 3.71. The van der Waals surface area contributed by atoms with Gasteiger partial charge in [-0.2, -0.15) is 0 Å². The highest BCUT2D eigenvalue weighted by Gasteiger charge is 2.36. The first kappa shape index (κ1) is 13.7. The topological polar surface area (TPSA) is 46.2 Å². The molecular formula is C15H18FNO2. The van der Waals surface area contributed by atoms with Crippen LogP contribution in [0.1, 0.15) is 43.2 Å². The number of nitrogens with one attached hydrogen (secondary N) is 1. The van der Waals surface area contributed by atoms with E-state index in [-0.39, 0.29) is 35.9 Å². The van der Waals surface area contributed by atoms with Gasteiger partial charge in [-0.25, -0.2) is 4.39 Å². The van der Waals surface area contributed by atoms with Crippen molar-refractivity contribution >= 4 is 11.8 Å². The van der Waals surface area contributed by atoms with Crippen LogP contribution in [-0.2, 0) is 9.59 Å². The van der Waals surface area contributed by atoms with Crippen molar-refractivity contribution in [2.24, 2.45) is 5.92 Å². The second-order valence-corrected chi connectivity index (χ2v) is 5.13. The summed E-state index contributed by atoms with van der Waals surface area (Å²) >= 11 is 0. The molecule has 1 aromatic carbocycles. The highest BCUT2D eigenvalue weighted by atomic mass is 19.1. The Balaban J connectivity index is 2.34. The molecule has 1 aliphatic heterocycles. The Morgan fingerprint density at radius 3 is 2.74 bits per heavy atom. The molecule has 1 fully saturated rings. The van der Waals surface area contributed by atoms with E-state index in [1.54, 1.807) is 13.0 Å². The SMILES string of the molecule is CCCC1C(=O)NC(=O)CC1c1ccc(C)c(F)c1. The van der Waals surface area contributed by atoms with Crippen LogP contribution < -0.4 is 5.32 Å². The van der Waals surface area contributed by atoms with Gasteiger partial charge in [-0.05, 0) is 30.5 Å². The van der Waals surface area contributed by atoms with Crippen LogP contribution in [0.25, 0.3) is 0 Å². The predicted octanol–water partition coefficient (Wildman–Crippen LogP) is 2.68. The normalized spacial score (nSPS) is 23.3. The van der Waals surface area contributed by atoms with Crippen molar-refractivity contribution < 1.29 is 14.0 Å². The van der Waals surface area contributed by atoms with Crippen molar-refractivity contribution in [3.05, 3.63) is 35.1 Å². The average molecular weight is 263 g/mol. The predicted molar refractivity (Wildman–Crippen MR) is 70.0 cm³/mol. The van der Waals surface area contributed by atoms with E-state index in [0.717, 1.165) is 12.0 Å². The van der Waals surface area contributed by atoms with Gasteiger partial charge in [-0.1, -0.05) is 25.5 Å². The second-order valence-electron chi connectivity index (χ2n) is 5.13.